The fourth-order valence-electron chi connectivity index (χ4n) is 8.54. The Morgan fingerprint density at radius 1 is 1.10 bits per heavy atom. The highest BCUT2D eigenvalue weighted by atomic mass is 19.1. The summed E-state index contributed by atoms with van der Waals surface area (Å²) < 4.78 is 14.2. The minimum Gasteiger partial charge on any atom is -0.393 e. The molecule has 31 heavy (non-hydrogen) atoms. The summed E-state index contributed by atoms with van der Waals surface area (Å²) >= 11 is 0. The van der Waals surface area contributed by atoms with E-state index in [1.807, 2.05) is 0 Å². The Balaban J connectivity index is 1.48. The molecule has 0 aromatic carbocycles. The third-order valence-corrected chi connectivity index (χ3v) is 10.7. The summed E-state index contributed by atoms with van der Waals surface area (Å²) in [7, 11) is 0. The lowest BCUT2D eigenvalue weighted by Crippen LogP contribution is -2.51. The van der Waals surface area contributed by atoms with E-state index in [1.165, 1.54) is 45.1 Å². The minimum atomic E-state index is -2.26. The molecule has 8 atom stereocenters. The number of aliphatic hydroxyl groups is 3. The van der Waals surface area contributed by atoms with Crippen LogP contribution in [0.3, 0.4) is 0 Å². The number of halogens is 1. The molecule has 0 amide bonds. The summed E-state index contributed by atoms with van der Waals surface area (Å²) in [6.07, 6.45) is 12.2. The molecule has 0 radical (unpaired) electrons. The molecular formula is C27H45FO3. The molecule has 3 N–H and O–H groups in total. The number of alkyl halides is 1. The van der Waals surface area contributed by atoms with Crippen LogP contribution < -0.4 is 0 Å². The molecule has 0 heterocycles. The number of hydrogen-bond donors (Lipinski definition) is 3. The standard InChI is InChI=1S/C27H45FO3/c1-17(10-15-27(30,31)24(2,3)28)21-8-9-22-20-7-6-18-16-19(29)11-13-25(18,4)23(20)12-14-26(21,22)5/h6,17,19-23,29-31H,7-16H2,1-5H3/t17-,19+,20+,21-,22+,23+,25+,26-/m1/s1. The zero-order valence-corrected chi connectivity index (χ0v) is 20.3. The van der Waals surface area contributed by atoms with Gasteiger partial charge in [0, 0.05) is 6.42 Å². The lowest BCUT2D eigenvalue weighted by molar-refractivity contribution is -0.243. The van der Waals surface area contributed by atoms with Crippen molar-refractivity contribution in [3.05, 3.63) is 11.6 Å². The van der Waals surface area contributed by atoms with Crippen LogP contribution in [0, 0.1) is 40.4 Å². The van der Waals surface area contributed by atoms with E-state index in [1.54, 1.807) is 0 Å². The zero-order valence-electron chi connectivity index (χ0n) is 20.3. The second-order valence-electron chi connectivity index (χ2n) is 12.7. The van der Waals surface area contributed by atoms with E-state index < -0.39 is 11.5 Å². The van der Waals surface area contributed by atoms with Crippen LogP contribution in [0.5, 0.6) is 0 Å². The maximum absolute atomic E-state index is 14.2. The van der Waals surface area contributed by atoms with Gasteiger partial charge in [-0.15, -0.1) is 0 Å². The Labute approximate surface area is 188 Å². The van der Waals surface area contributed by atoms with Crippen molar-refractivity contribution in [3.8, 4) is 0 Å². The van der Waals surface area contributed by atoms with Crippen molar-refractivity contribution in [2.24, 2.45) is 40.4 Å². The van der Waals surface area contributed by atoms with Crippen molar-refractivity contribution in [2.75, 3.05) is 0 Å². The highest BCUT2D eigenvalue weighted by molar-refractivity contribution is 5.25. The number of hydrogen-bond acceptors (Lipinski definition) is 3. The van der Waals surface area contributed by atoms with Crippen molar-refractivity contribution < 1.29 is 19.7 Å². The normalized spacial score (nSPS) is 44.2. The first-order valence-corrected chi connectivity index (χ1v) is 12.8. The molecule has 3 nitrogen and oxygen atoms in total. The SMILES string of the molecule is C[C@H](CCC(O)(O)C(C)(C)F)[C@H]1CC[C@H]2[C@@H]3CC=C4C[C@@H](O)CC[C@]4(C)[C@H]3CC[C@]12C. The molecular weight excluding hydrogens is 391 g/mol. The fourth-order valence-corrected chi connectivity index (χ4v) is 8.54. The first kappa shape index (κ1) is 23.7. The van der Waals surface area contributed by atoms with Gasteiger partial charge in [-0.2, -0.15) is 0 Å². The summed E-state index contributed by atoms with van der Waals surface area (Å²) in [6, 6.07) is 0. The Morgan fingerprint density at radius 3 is 2.48 bits per heavy atom. The summed E-state index contributed by atoms with van der Waals surface area (Å²) in [5.41, 5.74) is 0.0833. The Morgan fingerprint density at radius 2 is 1.81 bits per heavy atom. The van der Waals surface area contributed by atoms with Gasteiger partial charge in [0.2, 0.25) is 0 Å². The van der Waals surface area contributed by atoms with Gasteiger partial charge in [-0.3, -0.25) is 0 Å². The van der Waals surface area contributed by atoms with Crippen LogP contribution in [0.2, 0.25) is 0 Å². The Bertz CT molecular complexity index is 710. The zero-order chi connectivity index (χ0) is 22.8. The highest BCUT2D eigenvalue weighted by Gasteiger charge is 2.59. The third kappa shape index (κ3) is 3.83. The van der Waals surface area contributed by atoms with Gasteiger partial charge in [-0.1, -0.05) is 32.4 Å². The molecule has 0 spiro atoms. The van der Waals surface area contributed by atoms with Crippen molar-refractivity contribution in [3.63, 3.8) is 0 Å². The Hall–Kier alpha value is -0.450. The van der Waals surface area contributed by atoms with Crippen molar-refractivity contribution in [2.45, 2.75) is 116 Å². The summed E-state index contributed by atoms with van der Waals surface area (Å²) in [4.78, 5) is 0. The molecule has 0 bridgehead atoms. The van der Waals surface area contributed by atoms with E-state index in [2.05, 4.69) is 26.8 Å². The van der Waals surface area contributed by atoms with Gasteiger partial charge in [-0.05, 0) is 112 Å². The van der Waals surface area contributed by atoms with Gasteiger partial charge < -0.3 is 15.3 Å². The third-order valence-electron chi connectivity index (χ3n) is 10.7. The molecule has 0 aliphatic heterocycles. The summed E-state index contributed by atoms with van der Waals surface area (Å²) in [6.45, 7) is 9.72. The largest absolute Gasteiger partial charge is 0.393 e. The van der Waals surface area contributed by atoms with Crippen LogP contribution in [0.4, 0.5) is 4.39 Å². The molecule has 0 saturated heterocycles. The minimum absolute atomic E-state index is 0.0907. The second kappa shape index (κ2) is 7.81. The topological polar surface area (TPSA) is 60.7 Å². The van der Waals surface area contributed by atoms with E-state index >= 15 is 0 Å². The van der Waals surface area contributed by atoms with Crippen molar-refractivity contribution in [1.29, 1.82) is 0 Å². The molecule has 4 heteroatoms. The number of fused-ring (bicyclic) bond motifs is 5. The van der Waals surface area contributed by atoms with Crippen LogP contribution >= 0.6 is 0 Å². The van der Waals surface area contributed by atoms with E-state index in [0.717, 1.165) is 43.4 Å². The van der Waals surface area contributed by atoms with Crippen LogP contribution in [-0.4, -0.2) is 32.9 Å². The maximum Gasteiger partial charge on any atom is 0.197 e. The quantitative estimate of drug-likeness (QED) is 0.379. The predicted molar refractivity (Wildman–Crippen MR) is 122 cm³/mol. The lowest BCUT2D eigenvalue weighted by atomic mass is 9.47. The molecule has 0 aromatic rings. The number of aliphatic hydroxyl groups excluding tert-OH is 1. The smallest absolute Gasteiger partial charge is 0.197 e. The van der Waals surface area contributed by atoms with Crippen LogP contribution in [0.15, 0.2) is 11.6 Å². The lowest BCUT2D eigenvalue weighted by Gasteiger charge is -2.58. The molecule has 0 unspecified atom stereocenters. The first-order chi connectivity index (χ1) is 14.3. The van der Waals surface area contributed by atoms with Crippen LogP contribution in [0.1, 0.15) is 98.8 Å². The predicted octanol–water partition coefficient (Wildman–Crippen LogP) is 5.77. The monoisotopic (exact) mass is 436 g/mol. The molecule has 4 rings (SSSR count). The van der Waals surface area contributed by atoms with Gasteiger partial charge in [-0.25, -0.2) is 4.39 Å². The first-order valence-electron chi connectivity index (χ1n) is 12.8. The van der Waals surface area contributed by atoms with Gasteiger partial charge in [0.1, 0.15) is 0 Å². The van der Waals surface area contributed by atoms with Crippen molar-refractivity contribution >= 4 is 0 Å². The van der Waals surface area contributed by atoms with Gasteiger partial charge in [0.25, 0.3) is 0 Å². The second-order valence-corrected chi connectivity index (χ2v) is 12.7. The van der Waals surface area contributed by atoms with E-state index in [0.29, 0.717) is 23.7 Å². The molecule has 4 aliphatic carbocycles. The fraction of sp³-hybridized carbons (Fsp3) is 0.926. The molecule has 0 aromatic heterocycles. The summed E-state index contributed by atoms with van der Waals surface area (Å²) in [5, 5.41) is 30.6. The average molecular weight is 437 g/mol. The van der Waals surface area contributed by atoms with E-state index in [-0.39, 0.29) is 17.9 Å². The maximum atomic E-state index is 14.2. The Kier molecular flexibility index (Phi) is 5.97. The molecule has 3 fully saturated rings. The van der Waals surface area contributed by atoms with Crippen molar-refractivity contribution in [1.82, 2.24) is 0 Å². The van der Waals surface area contributed by atoms with E-state index in [4.69, 9.17) is 0 Å². The molecule has 3 saturated carbocycles. The average Bonchev–Trinajstić information content (AvgIpc) is 3.03. The van der Waals surface area contributed by atoms with Gasteiger partial charge in [0.15, 0.2) is 11.5 Å². The number of allylic oxidation sites excluding steroid dienone is 1. The van der Waals surface area contributed by atoms with Crippen LogP contribution in [0.25, 0.3) is 0 Å². The van der Waals surface area contributed by atoms with Crippen LogP contribution in [-0.2, 0) is 0 Å². The molecule has 4 aliphatic rings. The van der Waals surface area contributed by atoms with Gasteiger partial charge in [0.05, 0.1) is 6.10 Å². The number of rotatable bonds is 5. The van der Waals surface area contributed by atoms with E-state index in [9.17, 15) is 19.7 Å². The highest BCUT2D eigenvalue weighted by Crippen LogP contribution is 2.67. The molecule has 178 valence electrons. The summed E-state index contributed by atoms with van der Waals surface area (Å²) in [5.74, 6) is 0.876. The van der Waals surface area contributed by atoms with Gasteiger partial charge >= 0.3 is 0 Å².